The van der Waals surface area contributed by atoms with Crippen molar-refractivity contribution in [1.82, 2.24) is 5.32 Å². The summed E-state index contributed by atoms with van der Waals surface area (Å²) in [5.41, 5.74) is 1.15. The van der Waals surface area contributed by atoms with Gasteiger partial charge < -0.3 is 10.1 Å². The molecule has 0 bridgehead atoms. The lowest BCUT2D eigenvalue weighted by Crippen LogP contribution is -2.32. The molecule has 1 aromatic carbocycles. The Labute approximate surface area is 127 Å². The number of nitrogens with one attached hydrogen (secondary N) is 1. The van der Waals surface area contributed by atoms with Gasteiger partial charge >= 0.3 is 12.0 Å². The van der Waals surface area contributed by atoms with Gasteiger partial charge in [-0.1, -0.05) is 33.8 Å². The average molecular weight is 294 g/mol. The second-order valence-electron chi connectivity index (χ2n) is 3.95. The van der Waals surface area contributed by atoms with E-state index in [0.717, 1.165) is 0 Å². The predicted octanol–water partition coefficient (Wildman–Crippen LogP) is 3.44. The van der Waals surface area contributed by atoms with E-state index in [4.69, 9.17) is 0 Å². The van der Waals surface area contributed by atoms with Crippen molar-refractivity contribution in [2.75, 3.05) is 18.6 Å². The lowest BCUT2D eigenvalue weighted by Gasteiger charge is -2.20. The monoisotopic (exact) mass is 294 g/mol. The first-order valence-electron chi connectivity index (χ1n) is 7.39. The zero-order valence-corrected chi connectivity index (χ0v) is 13.8. The number of carbonyl (C=O) groups excluding carboxylic acids is 2. The second kappa shape index (κ2) is 9.80. The molecule has 1 atom stereocenters. The zero-order valence-electron chi connectivity index (χ0n) is 13.8. The molecule has 0 aromatic heterocycles. The minimum atomic E-state index is -0.404. The number of methoxy groups -OCH3 is 1. The molecule has 1 unspecified atom stereocenters. The molecule has 0 radical (unpaired) electrons. The number of carbonyl (C=O) groups is 2. The normalized spacial score (nSPS) is 16.0. The van der Waals surface area contributed by atoms with Crippen molar-refractivity contribution in [3.63, 3.8) is 0 Å². The molecular weight excluding hydrogens is 268 g/mol. The number of benzene rings is 1. The molecule has 0 saturated carbocycles. The van der Waals surface area contributed by atoms with Gasteiger partial charge in [0.05, 0.1) is 18.7 Å². The molecule has 1 heterocycles. The number of anilines is 1. The van der Waals surface area contributed by atoms with Gasteiger partial charge in [-0.25, -0.2) is 9.59 Å². The standard InChI is InChI=1S/C12H14N2O3.2C2H6/c1-8-7-13-12(16)14(8)10-5-3-4-9(6-10)11(15)17-2;2*1-2/h3-6,8H,7H2,1-2H3,(H,13,16);2*1-2H3. The highest BCUT2D eigenvalue weighted by molar-refractivity contribution is 5.97. The maximum atomic E-state index is 11.6. The predicted molar refractivity (Wildman–Crippen MR) is 85.8 cm³/mol. The highest BCUT2D eigenvalue weighted by atomic mass is 16.5. The van der Waals surface area contributed by atoms with Gasteiger partial charge in [0.15, 0.2) is 0 Å². The Balaban J connectivity index is 0.000000921. The first-order chi connectivity index (χ1) is 10.1. The Bertz CT molecular complexity index is 461. The molecule has 1 aromatic rings. The first kappa shape index (κ1) is 19.0. The van der Waals surface area contributed by atoms with E-state index in [2.05, 4.69) is 10.1 Å². The van der Waals surface area contributed by atoms with Crippen molar-refractivity contribution >= 4 is 17.7 Å². The number of hydrogen-bond acceptors (Lipinski definition) is 3. The fourth-order valence-electron chi connectivity index (χ4n) is 1.88. The van der Waals surface area contributed by atoms with Gasteiger partial charge in [-0.15, -0.1) is 0 Å². The van der Waals surface area contributed by atoms with Gasteiger partial charge in [-0.3, -0.25) is 4.90 Å². The van der Waals surface area contributed by atoms with Gasteiger partial charge in [0, 0.05) is 12.2 Å². The van der Waals surface area contributed by atoms with E-state index in [1.165, 1.54) is 7.11 Å². The number of esters is 1. The van der Waals surface area contributed by atoms with E-state index in [1.807, 2.05) is 34.6 Å². The molecule has 0 spiro atoms. The van der Waals surface area contributed by atoms with Crippen LogP contribution in [0.4, 0.5) is 10.5 Å². The number of ether oxygens (including phenoxy) is 1. The van der Waals surface area contributed by atoms with Crippen LogP contribution < -0.4 is 10.2 Å². The van der Waals surface area contributed by atoms with Crippen LogP contribution in [0.2, 0.25) is 0 Å². The van der Waals surface area contributed by atoms with Crippen molar-refractivity contribution < 1.29 is 14.3 Å². The third-order valence-corrected chi connectivity index (χ3v) is 2.75. The van der Waals surface area contributed by atoms with Crippen LogP contribution in [0.25, 0.3) is 0 Å². The molecule has 1 aliphatic rings. The fourth-order valence-corrected chi connectivity index (χ4v) is 1.88. The van der Waals surface area contributed by atoms with Crippen LogP contribution in [0.5, 0.6) is 0 Å². The molecule has 21 heavy (non-hydrogen) atoms. The molecule has 1 aliphatic heterocycles. The second-order valence-corrected chi connectivity index (χ2v) is 3.95. The van der Waals surface area contributed by atoms with Gasteiger partial charge in [0.2, 0.25) is 0 Å². The lowest BCUT2D eigenvalue weighted by atomic mass is 10.1. The Kier molecular flexibility index (Phi) is 8.85. The average Bonchev–Trinajstić information content (AvgIpc) is 2.89. The highest BCUT2D eigenvalue weighted by Gasteiger charge is 2.28. The van der Waals surface area contributed by atoms with Crippen LogP contribution in [-0.2, 0) is 4.74 Å². The minimum Gasteiger partial charge on any atom is -0.465 e. The van der Waals surface area contributed by atoms with Crippen molar-refractivity contribution in [3.8, 4) is 0 Å². The van der Waals surface area contributed by atoms with Crippen LogP contribution in [0.3, 0.4) is 0 Å². The van der Waals surface area contributed by atoms with Crippen molar-refractivity contribution in [2.45, 2.75) is 40.7 Å². The molecule has 2 amide bonds. The van der Waals surface area contributed by atoms with Crippen LogP contribution in [0.1, 0.15) is 45.0 Å². The van der Waals surface area contributed by atoms with Gasteiger partial charge in [-0.2, -0.15) is 0 Å². The summed E-state index contributed by atoms with van der Waals surface area (Å²) in [6, 6.07) is 6.80. The third kappa shape index (κ3) is 4.77. The maximum absolute atomic E-state index is 11.6. The topological polar surface area (TPSA) is 58.6 Å². The van der Waals surface area contributed by atoms with Crippen LogP contribution in [0, 0.1) is 0 Å². The Morgan fingerprint density at radius 2 is 1.90 bits per heavy atom. The molecule has 118 valence electrons. The van der Waals surface area contributed by atoms with Crippen LogP contribution >= 0.6 is 0 Å². The molecule has 1 fully saturated rings. The largest absolute Gasteiger partial charge is 0.465 e. The molecule has 2 rings (SSSR count). The number of amides is 2. The summed E-state index contributed by atoms with van der Waals surface area (Å²) < 4.78 is 4.65. The summed E-state index contributed by atoms with van der Waals surface area (Å²) in [5, 5.41) is 2.75. The first-order valence-corrected chi connectivity index (χ1v) is 7.39. The van der Waals surface area contributed by atoms with Crippen molar-refractivity contribution in [3.05, 3.63) is 29.8 Å². The van der Waals surface area contributed by atoms with E-state index in [0.29, 0.717) is 17.8 Å². The van der Waals surface area contributed by atoms with E-state index in [-0.39, 0.29) is 12.1 Å². The number of hydrogen-bond donors (Lipinski definition) is 1. The number of rotatable bonds is 2. The summed E-state index contributed by atoms with van der Waals surface area (Å²) in [6.07, 6.45) is 0. The smallest absolute Gasteiger partial charge is 0.337 e. The Hall–Kier alpha value is -2.04. The summed E-state index contributed by atoms with van der Waals surface area (Å²) in [5.74, 6) is -0.404. The molecule has 1 N–H and O–H groups in total. The molecule has 5 heteroatoms. The number of nitrogens with zero attached hydrogens (tertiary/aromatic N) is 1. The van der Waals surface area contributed by atoms with Gasteiger partial charge in [-0.05, 0) is 25.1 Å². The Morgan fingerprint density at radius 3 is 2.38 bits per heavy atom. The molecule has 1 saturated heterocycles. The Morgan fingerprint density at radius 1 is 1.29 bits per heavy atom. The van der Waals surface area contributed by atoms with Crippen LogP contribution in [0.15, 0.2) is 24.3 Å². The third-order valence-electron chi connectivity index (χ3n) is 2.75. The zero-order chi connectivity index (χ0) is 16.4. The number of urea groups is 1. The van der Waals surface area contributed by atoms with Crippen LogP contribution in [-0.4, -0.2) is 31.7 Å². The van der Waals surface area contributed by atoms with Gasteiger partial charge in [0.25, 0.3) is 0 Å². The van der Waals surface area contributed by atoms with Gasteiger partial charge in [0.1, 0.15) is 0 Å². The SMILES string of the molecule is CC.CC.COC(=O)c1cccc(N2C(=O)NCC2C)c1. The molecule has 0 aliphatic carbocycles. The van der Waals surface area contributed by atoms with E-state index in [1.54, 1.807) is 29.2 Å². The van der Waals surface area contributed by atoms with E-state index in [9.17, 15) is 9.59 Å². The summed E-state index contributed by atoms with van der Waals surface area (Å²) >= 11 is 0. The minimum absolute atomic E-state index is 0.0791. The fraction of sp³-hybridized carbons (Fsp3) is 0.500. The van der Waals surface area contributed by atoms with E-state index < -0.39 is 5.97 Å². The quantitative estimate of drug-likeness (QED) is 0.850. The summed E-state index contributed by atoms with van der Waals surface area (Å²) in [7, 11) is 1.33. The molecular formula is C16H26N2O3. The molecule has 5 nitrogen and oxygen atoms in total. The van der Waals surface area contributed by atoms with Crippen molar-refractivity contribution in [1.29, 1.82) is 0 Å². The summed E-state index contributed by atoms with van der Waals surface area (Å²) in [6.45, 7) is 10.6. The summed E-state index contributed by atoms with van der Waals surface area (Å²) in [4.78, 5) is 24.7. The maximum Gasteiger partial charge on any atom is 0.337 e. The van der Waals surface area contributed by atoms with Crippen molar-refractivity contribution in [2.24, 2.45) is 0 Å². The van der Waals surface area contributed by atoms with E-state index >= 15 is 0 Å². The lowest BCUT2D eigenvalue weighted by molar-refractivity contribution is 0.0600. The highest BCUT2D eigenvalue weighted by Crippen LogP contribution is 2.21.